The fraction of sp³-hybridized carbons (Fsp3) is 0.143. The number of rotatable bonds is 8. The maximum atomic E-state index is 14.4. The molecule has 0 aliphatic heterocycles. The number of amides is 1. The number of carboxylic acids is 1. The molecule has 0 spiro atoms. The molecule has 1 amide bonds. The van der Waals surface area contributed by atoms with Crippen molar-refractivity contribution in [1.82, 2.24) is 9.40 Å². The Morgan fingerprint density at radius 3 is 2.47 bits per heavy atom. The molecule has 0 aliphatic rings. The summed E-state index contributed by atoms with van der Waals surface area (Å²) in [5, 5.41) is 12.1. The van der Waals surface area contributed by atoms with E-state index in [0.29, 0.717) is 17.4 Å². The van der Waals surface area contributed by atoms with E-state index in [1.165, 1.54) is 6.92 Å². The number of carboxylic acid groups (broad SMARTS) is 1. The van der Waals surface area contributed by atoms with Gasteiger partial charge in [-0.25, -0.2) is 22.6 Å². The van der Waals surface area contributed by atoms with Gasteiger partial charge in [0.2, 0.25) is 5.96 Å². The zero-order chi connectivity index (χ0) is 24.3. The van der Waals surface area contributed by atoms with Gasteiger partial charge in [-0.3, -0.25) is 9.52 Å². The zero-order valence-corrected chi connectivity index (χ0v) is 18.5. The molecule has 0 saturated heterocycles. The van der Waals surface area contributed by atoms with Gasteiger partial charge in [-0.15, -0.1) is 16.4 Å². The number of hydrogen-bond donors (Lipinski definition) is 5. The van der Waals surface area contributed by atoms with Gasteiger partial charge in [-0.05, 0) is 25.1 Å². The van der Waals surface area contributed by atoms with Gasteiger partial charge in [-0.1, -0.05) is 0 Å². The summed E-state index contributed by atoms with van der Waals surface area (Å²) in [5.74, 6) is -3.40. The van der Waals surface area contributed by atoms with Crippen LogP contribution in [0, 0.1) is 5.82 Å². The second-order valence-corrected chi connectivity index (χ2v) is 9.94. The van der Waals surface area contributed by atoms with Crippen LogP contribution in [0.2, 0.25) is 0 Å². The number of hydrazone groups is 1. The van der Waals surface area contributed by atoms with Crippen molar-refractivity contribution < 1.29 is 35.9 Å². The van der Waals surface area contributed by atoms with Crippen molar-refractivity contribution in [2.75, 3.05) is 16.6 Å². The van der Waals surface area contributed by atoms with Crippen molar-refractivity contribution in [3.05, 3.63) is 35.2 Å². The van der Waals surface area contributed by atoms with E-state index in [1.807, 2.05) is 4.72 Å². The van der Waals surface area contributed by atoms with Gasteiger partial charge < -0.3 is 21.9 Å². The van der Waals surface area contributed by atoms with E-state index in [4.69, 9.17) is 16.6 Å². The van der Waals surface area contributed by atoms with E-state index in [9.17, 15) is 30.8 Å². The topological polar surface area (TPSA) is 227 Å². The van der Waals surface area contributed by atoms with Crippen LogP contribution in [0.25, 0.3) is 0 Å². The number of sulfonamides is 2. The number of halogens is 1. The van der Waals surface area contributed by atoms with Crippen LogP contribution in [-0.2, 0) is 20.0 Å². The van der Waals surface area contributed by atoms with Crippen molar-refractivity contribution in [3.63, 3.8) is 0 Å². The summed E-state index contributed by atoms with van der Waals surface area (Å²) in [4.78, 5) is 26.0. The largest absolute Gasteiger partial charge is 0.476 e. The lowest BCUT2D eigenvalue weighted by molar-refractivity contribution is 0.0692. The van der Waals surface area contributed by atoms with Crippen LogP contribution >= 0.6 is 11.3 Å². The molecule has 32 heavy (non-hydrogen) atoms. The Labute approximate surface area is 184 Å². The van der Waals surface area contributed by atoms with Gasteiger partial charge >= 0.3 is 21.2 Å². The maximum absolute atomic E-state index is 14.4. The number of thiazole rings is 1. The Morgan fingerprint density at radius 2 is 1.94 bits per heavy atom. The highest BCUT2D eigenvalue weighted by molar-refractivity contribution is 8.04. The number of carbonyl (C=O) groups excluding carboxylic acids is 1. The number of guanidine groups is 1. The summed E-state index contributed by atoms with van der Waals surface area (Å²) in [6.07, 6.45) is 0. The van der Waals surface area contributed by atoms with Crippen molar-refractivity contribution in [2.45, 2.75) is 11.8 Å². The Balaban J connectivity index is 2.28. The number of carbonyl (C=O) groups is 2. The SMILES string of the molecule is CCN(N=C(N)N)S(=O)(=O)C(=O)Nc1ccc(S(=O)(=O)Nc2scnc2C(=O)O)cc1F. The molecule has 1 aromatic carbocycles. The molecular weight excluding hydrogens is 493 g/mol. The molecule has 0 radical (unpaired) electrons. The molecule has 18 heteroatoms. The third kappa shape index (κ3) is 5.39. The molecule has 0 bridgehead atoms. The predicted molar refractivity (Wildman–Crippen MR) is 112 cm³/mol. The Kier molecular flexibility index (Phi) is 7.21. The number of nitrogens with zero attached hydrogens (tertiary/aromatic N) is 3. The fourth-order valence-corrected chi connectivity index (χ4v) is 5.08. The van der Waals surface area contributed by atoms with Gasteiger partial charge in [0.25, 0.3) is 10.0 Å². The second-order valence-electron chi connectivity index (χ2n) is 5.66. The molecule has 2 aromatic rings. The zero-order valence-electron chi connectivity index (χ0n) is 16.0. The van der Waals surface area contributed by atoms with Crippen LogP contribution in [0.15, 0.2) is 33.7 Å². The predicted octanol–water partition coefficient (Wildman–Crippen LogP) is 0.153. The Bertz CT molecular complexity index is 1290. The molecule has 174 valence electrons. The van der Waals surface area contributed by atoms with Crippen molar-refractivity contribution in [2.24, 2.45) is 16.6 Å². The van der Waals surface area contributed by atoms with Crippen LogP contribution in [0.4, 0.5) is 19.9 Å². The smallest absolute Gasteiger partial charge is 0.363 e. The molecule has 7 N–H and O–H groups in total. The highest BCUT2D eigenvalue weighted by atomic mass is 32.2. The number of aromatic carboxylic acids is 1. The number of nitrogens with one attached hydrogen (secondary N) is 2. The lowest BCUT2D eigenvalue weighted by atomic mass is 10.3. The summed E-state index contributed by atoms with van der Waals surface area (Å²) < 4.78 is 66.0. The van der Waals surface area contributed by atoms with Gasteiger partial charge in [0.15, 0.2) is 5.69 Å². The van der Waals surface area contributed by atoms with E-state index in [1.54, 1.807) is 5.32 Å². The van der Waals surface area contributed by atoms with Crippen LogP contribution in [0.1, 0.15) is 17.4 Å². The highest BCUT2D eigenvalue weighted by Crippen LogP contribution is 2.26. The highest BCUT2D eigenvalue weighted by Gasteiger charge is 2.30. The van der Waals surface area contributed by atoms with E-state index in [2.05, 4.69) is 10.1 Å². The summed E-state index contributed by atoms with van der Waals surface area (Å²) >= 11 is 0.694. The first-order valence-electron chi connectivity index (χ1n) is 8.22. The summed E-state index contributed by atoms with van der Waals surface area (Å²) in [5.41, 5.74) is 10.1. The third-order valence-corrected chi connectivity index (χ3v) is 7.18. The average molecular weight is 510 g/mol. The first-order chi connectivity index (χ1) is 14.8. The minimum Gasteiger partial charge on any atom is -0.476 e. The molecule has 0 unspecified atom stereocenters. The lowest BCUT2D eigenvalue weighted by Gasteiger charge is -2.16. The molecule has 14 nitrogen and oxygen atoms in total. The second kappa shape index (κ2) is 9.32. The molecule has 1 aromatic heterocycles. The van der Waals surface area contributed by atoms with E-state index in [0.717, 1.165) is 17.6 Å². The van der Waals surface area contributed by atoms with Crippen molar-refractivity contribution in [1.29, 1.82) is 0 Å². The quantitative estimate of drug-likeness (QED) is 0.184. The first-order valence-corrected chi connectivity index (χ1v) is 12.0. The maximum Gasteiger partial charge on any atom is 0.363 e. The normalized spacial score (nSPS) is 11.4. The molecular formula is C14H16FN7O7S3. The van der Waals surface area contributed by atoms with Gasteiger partial charge in [0.1, 0.15) is 10.8 Å². The number of hydrogen-bond acceptors (Lipinski definition) is 9. The number of anilines is 2. The van der Waals surface area contributed by atoms with Gasteiger partial charge in [-0.2, -0.15) is 12.8 Å². The van der Waals surface area contributed by atoms with Gasteiger partial charge in [0, 0.05) is 0 Å². The average Bonchev–Trinajstić information content (AvgIpc) is 3.14. The molecule has 0 saturated carbocycles. The number of aromatic nitrogens is 1. The van der Waals surface area contributed by atoms with Gasteiger partial charge in [0.05, 0.1) is 22.6 Å². The van der Waals surface area contributed by atoms with Crippen LogP contribution in [0.3, 0.4) is 0 Å². The lowest BCUT2D eigenvalue weighted by Crippen LogP contribution is -2.38. The molecule has 2 rings (SSSR count). The molecule has 1 heterocycles. The molecule has 0 fully saturated rings. The third-order valence-electron chi connectivity index (χ3n) is 3.49. The van der Waals surface area contributed by atoms with Crippen LogP contribution in [0.5, 0.6) is 0 Å². The van der Waals surface area contributed by atoms with Crippen molar-refractivity contribution >= 4 is 59.2 Å². The van der Waals surface area contributed by atoms with E-state index < -0.39 is 59.3 Å². The minimum atomic E-state index is -4.77. The summed E-state index contributed by atoms with van der Waals surface area (Å²) in [6.45, 7) is 1.03. The van der Waals surface area contributed by atoms with Crippen LogP contribution < -0.4 is 21.5 Å². The Morgan fingerprint density at radius 1 is 1.28 bits per heavy atom. The number of benzene rings is 1. The van der Waals surface area contributed by atoms with E-state index in [-0.39, 0.29) is 16.0 Å². The van der Waals surface area contributed by atoms with Crippen LogP contribution in [-0.4, -0.2) is 55.1 Å². The summed E-state index contributed by atoms with van der Waals surface area (Å²) in [7, 11) is -9.20. The standard InChI is InChI=1S/C14H16FN7O7S3/c1-2-22(20-13(16)17)32(28,29)14(25)19-9-4-3-7(5-8(9)15)31(26,27)21-11-10(12(23)24)18-6-30-11/h3-6,21H,2H2,1H3,(H,19,25)(H,23,24)(H4,16,17,20). The minimum absolute atomic E-state index is 0.285. The number of nitrogens with two attached hydrogens (primary N) is 2. The Hall–Kier alpha value is -3.51. The van der Waals surface area contributed by atoms with E-state index >= 15 is 0 Å². The molecule has 0 aliphatic carbocycles. The summed E-state index contributed by atoms with van der Waals surface area (Å²) in [6, 6.07) is 2.17. The van der Waals surface area contributed by atoms with Crippen molar-refractivity contribution in [3.8, 4) is 0 Å². The monoisotopic (exact) mass is 509 g/mol. The first kappa shape index (κ1) is 24.8. The molecule has 0 atom stereocenters. The fourth-order valence-electron chi connectivity index (χ4n) is 2.11.